The maximum Gasteiger partial charge on any atom is 0.282 e. The molecule has 2 aromatic rings. The molecule has 7 heteroatoms. The minimum atomic E-state index is -1.69. The molecule has 1 aliphatic rings. The van der Waals surface area contributed by atoms with E-state index in [-0.39, 0.29) is 6.04 Å². The average molecular weight is 360 g/mol. The Morgan fingerprint density at radius 3 is 2.60 bits per heavy atom. The van der Waals surface area contributed by atoms with Crippen LogP contribution in [-0.2, 0) is 9.59 Å². The lowest BCUT2D eigenvalue weighted by Gasteiger charge is -2.40. The molecule has 1 aromatic heterocycles. The smallest absolute Gasteiger partial charge is 0.282 e. The molecule has 3 rings (SSSR count). The molecule has 2 heterocycles. The number of rotatable bonds is 3. The summed E-state index contributed by atoms with van der Waals surface area (Å²) in [6.07, 6.45) is 1.58. The van der Waals surface area contributed by atoms with Crippen LogP contribution in [0.2, 0.25) is 5.02 Å². The number of ether oxygens (including phenoxy) is 1. The number of fused-ring (bicyclic) bond motifs is 1. The summed E-state index contributed by atoms with van der Waals surface area (Å²) in [6, 6.07) is 9.85. The second-order valence-electron chi connectivity index (χ2n) is 6.19. The second kappa shape index (κ2) is 6.37. The third-order valence-electron chi connectivity index (χ3n) is 3.97. The van der Waals surface area contributed by atoms with E-state index in [0.717, 1.165) is 0 Å². The van der Waals surface area contributed by atoms with Crippen molar-refractivity contribution < 1.29 is 14.3 Å². The molecule has 0 saturated heterocycles. The van der Waals surface area contributed by atoms with E-state index in [1.54, 1.807) is 42.6 Å². The summed E-state index contributed by atoms with van der Waals surface area (Å²) in [4.78, 5) is 31.6. The third kappa shape index (κ3) is 3.05. The van der Waals surface area contributed by atoms with Crippen molar-refractivity contribution in [1.82, 2.24) is 4.98 Å². The van der Waals surface area contributed by atoms with Crippen molar-refractivity contribution in [3.05, 3.63) is 47.6 Å². The van der Waals surface area contributed by atoms with E-state index in [9.17, 15) is 9.59 Å². The van der Waals surface area contributed by atoms with E-state index in [1.165, 1.54) is 11.8 Å². The minimum absolute atomic E-state index is 0.173. The Bertz CT molecular complexity index is 823. The number of anilines is 2. The van der Waals surface area contributed by atoms with Crippen molar-refractivity contribution in [2.24, 2.45) is 0 Å². The van der Waals surface area contributed by atoms with Gasteiger partial charge in [-0.15, -0.1) is 0 Å². The summed E-state index contributed by atoms with van der Waals surface area (Å²) >= 11 is 5.85. The van der Waals surface area contributed by atoms with Gasteiger partial charge < -0.3 is 10.1 Å². The highest BCUT2D eigenvalue weighted by molar-refractivity contribution is 6.30. The van der Waals surface area contributed by atoms with Crippen LogP contribution < -0.4 is 15.0 Å². The molecule has 1 aliphatic heterocycles. The zero-order valence-electron chi connectivity index (χ0n) is 14.1. The van der Waals surface area contributed by atoms with Crippen molar-refractivity contribution in [3.63, 3.8) is 0 Å². The van der Waals surface area contributed by atoms with Gasteiger partial charge in [0, 0.05) is 22.9 Å². The topological polar surface area (TPSA) is 71.5 Å². The third-order valence-corrected chi connectivity index (χ3v) is 4.22. The van der Waals surface area contributed by atoms with Gasteiger partial charge in [-0.05, 0) is 57.2 Å². The predicted molar refractivity (Wildman–Crippen MR) is 96.0 cm³/mol. The number of carbonyl (C=O) groups is 2. The number of nitrogens with zero attached hydrogens (tertiary/aromatic N) is 2. The number of amides is 2. The summed E-state index contributed by atoms with van der Waals surface area (Å²) in [6.45, 7) is 5.18. The van der Waals surface area contributed by atoms with Crippen LogP contribution in [0.5, 0.6) is 5.75 Å². The van der Waals surface area contributed by atoms with Gasteiger partial charge in [0.1, 0.15) is 0 Å². The van der Waals surface area contributed by atoms with Crippen molar-refractivity contribution >= 4 is 34.9 Å². The van der Waals surface area contributed by atoms with Gasteiger partial charge in [0.25, 0.3) is 17.4 Å². The number of halogens is 1. The molecular weight excluding hydrogens is 342 g/mol. The lowest BCUT2D eigenvalue weighted by Crippen LogP contribution is -2.62. The number of hydrogen-bond acceptors (Lipinski definition) is 4. The van der Waals surface area contributed by atoms with E-state index in [4.69, 9.17) is 16.3 Å². The normalized spacial score (nSPS) is 19.4. The van der Waals surface area contributed by atoms with Gasteiger partial charge in [0.2, 0.25) is 0 Å². The van der Waals surface area contributed by atoms with Crippen molar-refractivity contribution in [1.29, 1.82) is 0 Å². The van der Waals surface area contributed by atoms with E-state index in [2.05, 4.69) is 10.3 Å². The molecule has 1 N–H and O–H groups in total. The zero-order chi connectivity index (χ0) is 18.2. The molecule has 0 fully saturated rings. The Morgan fingerprint density at radius 1 is 1.28 bits per heavy atom. The summed E-state index contributed by atoms with van der Waals surface area (Å²) in [5, 5.41) is 3.27. The average Bonchev–Trinajstić information content (AvgIpc) is 2.57. The van der Waals surface area contributed by atoms with E-state index >= 15 is 0 Å². The van der Waals surface area contributed by atoms with E-state index in [1.807, 2.05) is 13.8 Å². The van der Waals surface area contributed by atoms with Gasteiger partial charge >= 0.3 is 0 Å². The quantitative estimate of drug-likeness (QED) is 0.854. The predicted octanol–water partition coefficient (Wildman–Crippen LogP) is 3.27. The van der Waals surface area contributed by atoms with Gasteiger partial charge in [-0.25, -0.2) is 4.98 Å². The summed E-state index contributed by atoms with van der Waals surface area (Å²) in [5.74, 6) is -0.205. The van der Waals surface area contributed by atoms with Crippen molar-refractivity contribution in [2.75, 3.05) is 10.2 Å². The molecule has 130 valence electrons. The van der Waals surface area contributed by atoms with Gasteiger partial charge in [0.05, 0.1) is 0 Å². The van der Waals surface area contributed by atoms with Gasteiger partial charge in [-0.2, -0.15) is 0 Å². The zero-order valence-corrected chi connectivity index (χ0v) is 14.9. The van der Waals surface area contributed by atoms with Crippen LogP contribution in [0.25, 0.3) is 0 Å². The highest BCUT2D eigenvalue weighted by Crippen LogP contribution is 2.37. The van der Waals surface area contributed by atoms with Crippen LogP contribution in [0.3, 0.4) is 0 Å². The molecule has 0 bridgehead atoms. The lowest BCUT2D eigenvalue weighted by molar-refractivity contribution is -0.145. The van der Waals surface area contributed by atoms with Crippen molar-refractivity contribution in [3.8, 4) is 5.75 Å². The first-order valence-electron chi connectivity index (χ1n) is 7.87. The first kappa shape index (κ1) is 17.2. The maximum absolute atomic E-state index is 13.0. The molecule has 0 unspecified atom stereocenters. The number of hydrogen-bond donors (Lipinski definition) is 1. The molecule has 1 aromatic carbocycles. The highest BCUT2D eigenvalue weighted by Gasteiger charge is 2.51. The first-order valence-corrected chi connectivity index (χ1v) is 8.25. The monoisotopic (exact) mass is 359 g/mol. The second-order valence-corrected chi connectivity index (χ2v) is 6.63. The largest absolute Gasteiger partial charge is 0.464 e. The fraction of sp³-hybridized carbons (Fsp3) is 0.278. The molecule has 0 radical (unpaired) electrons. The van der Waals surface area contributed by atoms with Crippen molar-refractivity contribution in [2.45, 2.75) is 32.4 Å². The number of nitrogens with one attached hydrogen (secondary N) is 1. The van der Waals surface area contributed by atoms with Gasteiger partial charge in [-0.3, -0.25) is 14.5 Å². The Hall–Kier alpha value is -2.60. The Balaban J connectivity index is 1.95. The van der Waals surface area contributed by atoms with Crippen LogP contribution in [0.1, 0.15) is 20.8 Å². The summed E-state index contributed by atoms with van der Waals surface area (Å²) in [5.41, 5.74) is -1.17. The minimum Gasteiger partial charge on any atom is -0.464 e. The molecule has 6 nitrogen and oxygen atoms in total. The Labute approximate surface area is 150 Å². The molecule has 1 atom stereocenters. The molecule has 0 saturated carbocycles. The van der Waals surface area contributed by atoms with E-state index in [0.29, 0.717) is 22.3 Å². The van der Waals surface area contributed by atoms with Gasteiger partial charge in [0.15, 0.2) is 11.6 Å². The molecule has 0 spiro atoms. The molecule has 0 aliphatic carbocycles. The number of pyridine rings is 1. The summed E-state index contributed by atoms with van der Waals surface area (Å²) < 4.78 is 5.78. The van der Waals surface area contributed by atoms with E-state index < -0.39 is 17.4 Å². The Kier molecular flexibility index (Phi) is 4.39. The fourth-order valence-corrected chi connectivity index (χ4v) is 2.76. The molecular formula is C18H18ClN3O3. The Morgan fingerprint density at radius 2 is 1.96 bits per heavy atom. The lowest BCUT2D eigenvalue weighted by atomic mass is 9.99. The summed E-state index contributed by atoms with van der Waals surface area (Å²) in [7, 11) is 0. The number of carbonyl (C=O) groups excluding carboxylic acids is 2. The van der Waals surface area contributed by atoms with Crippen LogP contribution >= 0.6 is 11.6 Å². The standard InChI is InChI=1S/C18H18ClN3O3/c1-11(2)22-15-14(5-4-10-20-15)25-18(3,17(22)24)16(23)21-13-8-6-12(19)7-9-13/h4-11H,1-3H3,(H,21,23)/t18-/m1/s1. The number of aromatic nitrogens is 1. The van der Waals surface area contributed by atoms with Crippen LogP contribution in [-0.4, -0.2) is 28.4 Å². The van der Waals surface area contributed by atoms with Gasteiger partial charge in [-0.1, -0.05) is 11.6 Å². The SMILES string of the molecule is CC(C)N1C(=O)[C@@](C)(C(=O)Nc2ccc(Cl)cc2)Oc2cccnc21. The maximum atomic E-state index is 13.0. The first-order chi connectivity index (χ1) is 11.8. The number of benzene rings is 1. The molecule has 25 heavy (non-hydrogen) atoms. The van der Waals surface area contributed by atoms with Crippen LogP contribution in [0.4, 0.5) is 11.5 Å². The van der Waals surface area contributed by atoms with Crippen LogP contribution in [0, 0.1) is 0 Å². The molecule has 2 amide bonds. The fourth-order valence-electron chi connectivity index (χ4n) is 2.64. The highest BCUT2D eigenvalue weighted by atomic mass is 35.5. The van der Waals surface area contributed by atoms with Crippen LogP contribution in [0.15, 0.2) is 42.6 Å².